The van der Waals surface area contributed by atoms with Gasteiger partial charge >= 0.3 is 6.09 Å². The monoisotopic (exact) mass is 391 g/mol. The van der Waals surface area contributed by atoms with Crippen molar-refractivity contribution in [1.29, 1.82) is 0 Å². The highest BCUT2D eigenvalue weighted by Crippen LogP contribution is 2.57. The number of hydrogen-bond donors (Lipinski definition) is 0. The summed E-state index contributed by atoms with van der Waals surface area (Å²) >= 11 is 1.86. The molecule has 0 saturated carbocycles. The van der Waals surface area contributed by atoms with Gasteiger partial charge in [-0.1, -0.05) is 13.8 Å². The number of fused-ring (bicyclic) bond motifs is 3. The number of piperidine rings is 1. The lowest BCUT2D eigenvalue weighted by atomic mass is 9.59. The van der Waals surface area contributed by atoms with Crippen molar-refractivity contribution in [3.05, 3.63) is 21.9 Å². The minimum atomic E-state index is -0.433. The van der Waals surface area contributed by atoms with Gasteiger partial charge in [0.1, 0.15) is 5.60 Å². The van der Waals surface area contributed by atoms with Crippen LogP contribution in [0.5, 0.6) is 0 Å². The Kier molecular flexibility index (Phi) is 4.62. The maximum Gasteiger partial charge on any atom is 0.410 e. The minimum absolute atomic E-state index is 0.173. The van der Waals surface area contributed by atoms with Gasteiger partial charge in [-0.05, 0) is 80.2 Å². The third-order valence-electron chi connectivity index (χ3n) is 6.75. The molecule has 0 bridgehead atoms. The van der Waals surface area contributed by atoms with E-state index in [4.69, 9.17) is 9.47 Å². The summed E-state index contributed by atoms with van der Waals surface area (Å²) in [6, 6.07) is 2.28. The molecule has 3 aliphatic rings. The van der Waals surface area contributed by atoms with E-state index in [1.54, 1.807) is 0 Å². The number of likely N-dealkylation sites (tertiary alicyclic amines) is 1. The van der Waals surface area contributed by atoms with Gasteiger partial charge in [0.2, 0.25) is 0 Å². The molecule has 1 aromatic rings. The zero-order valence-electron chi connectivity index (χ0n) is 17.3. The Morgan fingerprint density at radius 2 is 2.00 bits per heavy atom. The summed E-state index contributed by atoms with van der Waals surface area (Å²) in [6.07, 6.45) is 4.48. The first-order valence-electron chi connectivity index (χ1n) is 10.2. The highest BCUT2D eigenvalue weighted by molar-refractivity contribution is 7.10. The van der Waals surface area contributed by atoms with Crippen LogP contribution in [0.4, 0.5) is 4.79 Å². The number of thiophene rings is 1. The van der Waals surface area contributed by atoms with Crippen LogP contribution in [0.3, 0.4) is 0 Å². The molecular weight excluding hydrogens is 358 g/mol. The first-order valence-corrected chi connectivity index (χ1v) is 11.1. The zero-order chi connectivity index (χ0) is 19.4. The van der Waals surface area contributed by atoms with E-state index in [1.807, 2.05) is 37.0 Å². The number of nitrogens with zero attached hydrogens (tertiary/aromatic N) is 1. The number of amides is 1. The van der Waals surface area contributed by atoms with Crippen molar-refractivity contribution in [2.24, 2.45) is 16.7 Å². The van der Waals surface area contributed by atoms with Gasteiger partial charge in [-0.15, -0.1) is 11.3 Å². The second kappa shape index (κ2) is 6.48. The van der Waals surface area contributed by atoms with E-state index in [-0.39, 0.29) is 23.0 Å². The van der Waals surface area contributed by atoms with Gasteiger partial charge in [0.05, 0.1) is 12.7 Å². The first-order chi connectivity index (χ1) is 12.6. The second-order valence-electron chi connectivity index (χ2n) is 10.5. The summed E-state index contributed by atoms with van der Waals surface area (Å²) < 4.78 is 12.1. The molecule has 4 nitrogen and oxygen atoms in total. The number of carbonyl (C=O) groups excluding carboxylic acids is 1. The molecule has 1 spiro atoms. The molecule has 2 aliphatic heterocycles. The molecule has 0 aromatic carbocycles. The summed E-state index contributed by atoms with van der Waals surface area (Å²) in [5.74, 6) is 0.561. The molecule has 2 atom stereocenters. The van der Waals surface area contributed by atoms with Crippen LogP contribution >= 0.6 is 11.3 Å². The fourth-order valence-corrected chi connectivity index (χ4v) is 6.20. The van der Waals surface area contributed by atoms with Crippen LogP contribution in [0, 0.1) is 16.7 Å². The maximum absolute atomic E-state index is 12.4. The van der Waals surface area contributed by atoms with Gasteiger partial charge in [-0.3, -0.25) is 0 Å². The SMILES string of the molecule is CC(C)(C)OC(=O)N1CCC2(CC1)CO[C@H]1c3sccc3CC(C)(C)[C@@H]1C2. The Morgan fingerprint density at radius 1 is 1.30 bits per heavy atom. The summed E-state index contributed by atoms with van der Waals surface area (Å²) in [5, 5.41) is 2.22. The molecule has 1 aromatic heterocycles. The molecular formula is C22H33NO3S. The largest absolute Gasteiger partial charge is 0.444 e. The quantitative estimate of drug-likeness (QED) is 0.592. The fourth-order valence-electron chi connectivity index (χ4n) is 5.16. The van der Waals surface area contributed by atoms with E-state index in [9.17, 15) is 4.79 Å². The number of rotatable bonds is 0. The average Bonchev–Trinajstić information content (AvgIpc) is 3.01. The van der Waals surface area contributed by atoms with E-state index in [0.717, 1.165) is 39.0 Å². The molecule has 1 amide bonds. The van der Waals surface area contributed by atoms with Crippen molar-refractivity contribution < 1.29 is 14.3 Å². The van der Waals surface area contributed by atoms with Gasteiger partial charge < -0.3 is 14.4 Å². The molecule has 0 radical (unpaired) electrons. The van der Waals surface area contributed by atoms with E-state index in [2.05, 4.69) is 25.3 Å². The predicted molar refractivity (Wildman–Crippen MR) is 108 cm³/mol. The van der Waals surface area contributed by atoms with Crippen molar-refractivity contribution in [2.75, 3.05) is 19.7 Å². The smallest absolute Gasteiger partial charge is 0.410 e. The lowest BCUT2D eigenvalue weighted by molar-refractivity contribution is -0.151. The molecule has 0 N–H and O–H groups in total. The first kappa shape index (κ1) is 19.3. The molecule has 4 rings (SSSR count). The van der Waals surface area contributed by atoms with Gasteiger partial charge in [-0.2, -0.15) is 0 Å². The summed E-state index contributed by atoms with van der Waals surface area (Å²) in [6.45, 7) is 13.0. The summed E-state index contributed by atoms with van der Waals surface area (Å²) in [4.78, 5) is 15.7. The van der Waals surface area contributed by atoms with E-state index in [1.165, 1.54) is 16.9 Å². The van der Waals surface area contributed by atoms with E-state index >= 15 is 0 Å². The number of carbonyl (C=O) groups is 1. The van der Waals surface area contributed by atoms with Crippen LogP contribution in [0.1, 0.15) is 70.4 Å². The predicted octanol–water partition coefficient (Wildman–Crippen LogP) is 5.43. The van der Waals surface area contributed by atoms with Crippen molar-refractivity contribution in [3.63, 3.8) is 0 Å². The normalized spacial score (nSPS) is 29.1. The van der Waals surface area contributed by atoms with Crippen molar-refractivity contribution in [3.8, 4) is 0 Å². The fraction of sp³-hybridized carbons (Fsp3) is 0.773. The molecule has 2 fully saturated rings. The Hall–Kier alpha value is -1.07. The summed E-state index contributed by atoms with van der Waals surface area (Å²) in [7, 11) is 0. The number of hydrogen-bond acceptors (Lipinski definition) is 4. The summed E-state index contributed by atoms with van der Waals surface area (Å²) in [5.41, 5.74) is 1.53. The molecule has 5 heteroatoms. The third kappa shape index (κ3) is 3.65. The van der Waals surface area contributed by atoms with Crippen LogP contribution in [-0.2, 0) is 15.9 Å². The van der Waals surface area contributed by atoms with Crippen molar-refractivity contribution >= 4 is 17.4 Å². The van der Waals surface area contributed by atoms with E-state index in [0.29, 0.717) is 5.92 Å². The zero-order valence-corrected chi connectivity index (χ0v) is 18.2. The molecule has 150 valence electrons. The van der Waals surface area contributed by atoms with Crippen LogP contribution in [-0.4, -0.2) is 36.3 Å². The lowest BCUT2D eigenvalue weighted by Crippen LogP contribution is -2.52. The third-order valence-corrected chi connectivity index (χ3v) is 7.77. The second-order valence-corrected chi connectivity index (χ2v) is 11.4. The van der Waals surface area contributed by atoms with E-state index < -0.39 is 5.60 Å². The highest BCUT2D eigenvalue weighted by Gasteiger charge is 2.52. The highest BCUT2D eigenvalue weighted by atomic mass is 32.1. The Labute approximate surface area is 167 Å². The molecule has 27 heavy (non-hydrogen) atoms. The minimum Gasteiger partial charge on any atom is -0.444 e. The number of ether oxygens (including phenoxy) is 2. The molecule has 3 heterocycles. The molecule has 1 aliphatic carbocycles. The Morgan fingerprint density at radius 3 is 2.67 bits per heavy atom. The van der Waals surface area contributed by atoms with Crippen molar-refractivity contribution in [2.45, 2.75) is 72.0 Å². The van der Waals surface area contributed by atoms with Gasteiger partial charge in [0, 0.05) is 18.0 Å². The van der Waals surface area contributed by atoms with Gasteiger partial charge in [-0.25, -0.2) is 4.79 Å². The lowest BCUT2D eigenvalue weighted by Gasteiger charge is -2.54. The maximum atomic E-state index is 12.4. The standard InChI is InChI=1S/C22H33NO3S/c1-20(2,3)26-19(24)23-9-7-22(8-10-23)13-16-17(25-14-22)18-15(6-11-27-18)12-21(16,4)5/h6,11,16-17H,7-10,12-14H2,1-5H3/t16-,17-/m1/s1. The topological polar surface area (TPSA) is 38.8 Å². The van der Waals surface area contributed by atoms with Crippen LogP contribution in [0.2, 0.25) is 0 Å². The molecule has 0 unspecified atom stereocenters. The van der Waals surface area contributed by atoms with Crippen LogP contribution in [0.25, 0.3) is 0 Å². The Bertz CT molecular complexity index is 709. The van der Waals surface area contributed by atoms with Crippen LogP contribution in [0.15, 0.2) is 11.4 Å². The Balaban J connectivity index is 1.45. The van der Waals surface area contributed by atoms with Crippen molar-refractivity contribution in [1.82, 2.24) is 4.90 Å². The van der Waals surface area contributed by atoms with Gasteiger partial charge in [0.15, 0.2) is 0 Å². The van der Waals surface area contributed by atoms with Crippen LogP contribution < -0.4 is 0 Å². The molecule has 2 saturated heterocycles. The van der Waals surface area contributed by atoms with Gasteiger partial charge in [0.25, 0.3) is 0 Å². The average molecular weight is 392 g/mol.